The number of hydrogen-bond donors (Lipinski definition) is 0. The first-order valence-electron chi connectivity index (χ1n) is 5.78. The van der Waals surface area contributed by atoms with Gasteiger partial charge in [0.05, 0.1) is 22.6 Å². The number of nitrogens with zero attached hydrogens (tertiary/aromatic N) is 2. The predicted octanol–water partition coefficient (Wildman–Crippen LogP) is 5.43. The van der Waals surface area contributed by atoms with Gasteiger partial charge in [-0.3, -0.25) is 4.57 Å². The first-order valence-corrected chi connectivity index (χ1v) is 7.90. The molecule has 2 nitrogen and oxygen atoms in total. The van der Waals surface area contributed by atoms with E-state index < -0.39 is 0 Å². The molecule has 102 valence electrons. The Hall–Kier alpha value is -0.910. The number of hydrogen-bond acceptors (Lipinski definition) is 1. The Morgan fingerprint density at radius 2 is 1.80 bits per heavy atom. The highest BCUT2D eigenvalue weighted by Crippen LogP contribution is 2.28. The molecular formula is C14H8Br2ClFN2. The number of imidazole rings is 1. The molecule has 0 radical (unpaired) electrons. The number of rotatable bonds is 2. The van der Waals surface area contributed by atoms with Gasteiger partial charge in [-0.15, -0.1) is 11.6 Å². The number of halogens is 4. The molecule has 0 N–H and O–H groups in total. The zero-order chi connectivity index (χ0) is 14.3. The van der Waals surface area contributed by atoms with Crippen LogP contribution < -0.4 is 0 Å². The molecule has 0 aliphatic carbocycles. The lowest BCUT2D eigenvalue weighted by molar-refractivity contribution is 0.617. The summed E-state index contributed by atoms with van der Waals surface area (Å²) in [6, 6.07) is 10.5. The number of fused-ring (bicyclic) bond motifs is 1. The maximum absolute atomic E-state index is 14.1. The second-order valence-electron chi connectivity index (χ2n) is 4.23. The third-order valence-electron chi connectivity index (χ3n) is 2.95. The fourth-order valence-corrected chi connectivity index (χ4v) is 3.00. The minimum Gasteiger partial charge on any atom is -0.292 e. The van der Waals surface area contributed by atoms with Gasteiger partial charge in [0.2, 0.25) is 0 Å². The van der Waals surface area contributed by atoms with E-state index in [-0.39, 0.29) is 11.7 Å². The molecule has 0 spiro atoms. The van der Waals surface area contributed by atoms with Crippen LogP contribution in [-0.2, 0) is 5.88 Å². The second kappa shape index (κ2) is 5.47. The third kappa shape index (κ3) is 2.38. The molecule has 3 aromatic rings. The molecule has 20 heavy (non-hydrogen) atoms. The predicted molar refractivity (Wildman–Crippen MR) is 86.0 cm³/mol. The maximum atomic E-state index is 14.1. The molecule has 3 rings (SSSR count). The van der Waals surface area contributed by atoms with Gasteiger partial charge in [0.25, 0.3) is 0 Å². The fraction of sp³-hybridized carbons (Fsp3) is 0.0714. The molecular weight excluding hydrogens is 410 g/mol. The highest BCUT2D eigenvalue weighted by Gasteiger charge is 2.15. The van der Waals surface area contributed by atoms with Crippen molar-refractivity contribution in [1.82, 2.24) is 9.55 Å². The summed E-state index contributed by atoms with van der Waals surface area (Å²) in [6.07, 6.45) is 0. The molecule has 1 heterocycles. The molecule has 0 unspecified atom stereocenters. The van der Waals surface area contributed by atoms with E-state index in [1.54, 1.807) is 16.7 Å². The summed E-state index contributed by atoms with van der Waals surface area (Å²) >= 11 is 12.7. The molecule has 0 aliphatic heterocycles. The van der Waals surface area contributed by atoms with Gasteiger partial charge in [-0.25, -0.2) is 9.37 Å². The maximum Gasteiger partial charge on any atom is 0.147 e. The topological polar surface area (TPSA) is 17.8 Å². The van der Waals surface area contributed by atoms with Crippen LogP contribution in [-0.4, -0.2) is 9.55 Å². The SMILES string of the molecule is Fc1ccc(Br)cc1-n1c(CCl)nc2cc(Br)ccc21. The molecule has 0 bridgehead atoms. The van der Waals surface area contributed by atoms with E-state index in [0.29, 0.717) is 11.5 Å². The van der Waals surface area contributed by atoms with Crippen molar-refractivity contribution in [3.8, 4) is 5.69 Å². The Kier molecular flexibility index (Phi) is 3.84. The molecule has 0 saturated carbocycles. The molecule has 6 heteroatoms. The summed E-state index contributed by atoms with van der Waals surface area (Å²) < 4.78 is 17.6. The first-order chi connectivity index (χ1) is 9.60. The minimum absolute atomic E-state index is 0.207. The van der Waals surface area contributed by atoms with Crippen LogP contribution in [0.4, 0.5) is 4.39 Å². The summed E-state index contributed by atoms with van der Waals surface area (Å²) in [5.41, 5.74) is 2.02. The Balaban J connectivity index is 2.37. The van der Waals surface area contributed by atoms with Crippen molar-refractivity contribution in [3.05, 3.63) is 57.0 Å². The highest BCUT2D eigenvalue weighted by molar-refractivity contribution is 9.10. The van der Waals surface area contributed by atoms with E-state index in [0.717, 1.165) is 20.0 Å². The number of alkyl halides is 1. The van der Waals surface area contributed by atoms with Crippen LogP contribution in [0.1, 0.15) is 5.82 Å². The molecule has 0 saturated heterocycles. The largest absolute Gasteiger partial charge is 0.292 e. The molecule has 0 aliphatic rings. The van der Waals surface area contributed by atoms with E-state index in [2.05, 4.69) is 36.8 Å². The third-order valence-corrected chi connectivity index (χ3v) is 4.18. The van der Waals surface area contributed by atoms with E-state index in [1.807, 2.05) is 18.2 Å². The van der Waals surface area contributed by atoms with Crippen molar-refractivity contribution in [2.45, 2.75) is 5.88 Å². The molecule has 1 aromatic heterocycles. The number of benzene rings is 2. The van der Waals surface area contributed by atoms with Crippen molar-refractivity contribution in [2.24, 2.45) is 0 Å². The normalized spacial score (nSPS) is 11.2. The first kappa shape index (κ1) is 14.0. The summed E-state index contributed by atoms with van der Waals surface area (Å²) in [7, 11) is 0. The van der Waals surface area contributed by atoms with Gasteiger partial charge >= 0.3 is 0 Å². The van der Waals surface area contributed by atoms with Crippen molar-refractivity contribution >= 4 is 54.5 Å². The Morgan fingerprint density at radius 1 is 1.10 bits per heavy atom. The van der Waals surface area contributed by atoms with E-state index in [9.17, 15) is 4.39 Å². The van der Waals surface area contributed by atoms with Gasteiger partial charge < -0.3 is 0 Å². The van der Waals surface area contributed by atoms with Gasteiger partial charge in [0.15, 0.2) is 0 Å². The lowest BCUT2D eigenvalue weighted by Crippen LogP contribution is -2.02. The summed E-state index contributed by atoms with van der Waals surface area (Å²) in [4.78, 5) is 4.46. The molecule has 2 aromatic carbocycles. The molecule has 0 fully saturated rings. The van der Waals surface area contributed by atoms with Crippen LogP contribution in [0.2, 0.25) is 0 Å². The summed E-state index contributed by atoms with van der Waals surface area (Å²) in [6.45, 7) is 0. The zero-order valence-corrected chi connectivity index (χ0v) is 14.0. The van der Waals surface area contributed by atoms with E-state index >= 15 is 0 Å². The van der Waals surface area contributed by atoms with Crippen molar-refractivity contribution in [1.29, 1.82) is 0 Å². The molecule has 0 atom stereocenters. The Labute approximate surface area is 136 Å². The van der Waals surface area contributed by atoms with Gasteiger partial charge in [-0.1, -0.05) is 31.9 Å². The monoisotopic (exact) mass is 416 g/mol. The van der Waals surface area contributed by atoms with Gasteiger partial charge in [0, 0.05) is 8.95 Å². The second-order valence-corrected chi connectivity index (χ2v) is 6.32. The van der Waals surface area contributed by atoms with Crippen LogP contribution in [0.25, 0.3) is 16.7 Å². The molecule has 0 amide bonds. The van der Waals surface area contributed by atoms with Crippen LogP contribution >= 0.6 is 43.5 Å². The quantitative estimate of drug-likeness (QED) is 0.508. The van der Waals surface area contributed by atoms with E-state index in [1.165, 1.54) is 6.07 Å². The number of aromatic nitrogens is 2. The lowest BCUT2D eigenvalue weighted by Gasteiger charge is -2.09. The zero-order valence-electron chi connectivity index (χ0n) is 10.1. The Bertz CT molecular complexity index is 801. The Morgan fingerprint density at radius 3 is 2.55 bits per heavy atom. The van der Waals surface area contributed by atoms with Crippen LogP contribution in [0, 0.1) is 5.82 Å². The van der Waals surface area contributed by atoms with Crippen molar-refractivity contribution in [2.75, 3.05) is 0 Å². The van der Waals surface area contributed by atoms with Gasteiger partial charge in [-0.05, 0) is 36.4 Å². The standard InChI is InChI=1S/C14H8Br2ClFN2/c15-8-2-4-12-11(5-8)19-14(7-17)20(12)13-6-9(16)1-3-10(13)18/h1-6H,7H2. The van der Waals surface area contributed by atoms with Crippen molar-refractivity contribution < 1.29 is 4.39 Å². The van der Waals surface area contributed by atoms with Crippen LogP contribution in [0.5, 0.6) is 0 Å². The van der Waals surface area contributed by atoms with Gasteiger partial charge in [-0.2, -0.15) is 0 Å². The smallest absolute Gasteiger partial charge is 0.147 e. The van der Waals surface area contributed by atoms with Crippen LogP contribution in [0.15, 0.2) is 45.3 Å². The summed E-state index contributed by atoms with van der Waals surface area (Å²) in [5, 5.41) is 0. The lowest BCUT2D eigenvalue weighted by atomic mass is 10.2. The average Bonchev–Trinajstić information content (AvgIpc) is 2.78. The average molecular weight is 418 g/mol. The fourth-order valence-electron chi connectivity index (χ4n) is 2.12. The van der Waals surface area contributed by atoms with Crippen LogP contribution in [0.3, 0.4) is 0 Å². The summed E-state index contributed by atoms with van der Waals surface area (Å²) in [5.74, 6) is 0.497. The minimum atomic E-state index is -0.318. The van der Waals surface area contributed by atoms with E-state index in [4.69, 9.17) is 11.6 Å². The highest BCUT2D eigenvalue weighted by atomic mass is 79.9. The van der Waals surface area contributed by atoms with Crippen molar-refractivity contribution in [3.63, 3.8) is 0 Å². The van der Waals surface area contributed by atoms with Gasteiger partial charge in [0.1, 0.15) is 11.6 Å².